The molecule has 1 aliphatic carbocycles. The lowest BCUT2D eigenvalue weighted by Gasteiger charge is -2.46. The van der Waals surface area contributed by atoms with E-state index in [0.717, 1.165) is 17.2 Å². The Morgan fingerprint density at radius 2 is 1.73 bits per heavy atom. The van der Waals surface area contributed by atoms with Gasteiger partial charge in [-0.3, -0.25) is 14.4 Å². The van der Waals surface area contributed by atoms with Gasteiger partial charge >= 0.3 is 0 Å². The number of piperazine rings is 1. The molecule has 2 aromatic rings. The number of nitrogens with one attached hydrogen (secondary N) is 2. The number of amides is 3. The van der Waals surface area contributed by atoms with E-state index in [1.54, 1.807) is 20.8 Å². The topological polar surface area (TPSA) is 78.5 Å². The number of fused-ring (bicyclic) bond motifs is 1. The molecule has 3 unspecified atom stereocenters. The summed E-state index contributed by atoms with van der Waals surface area (Å²) in [6, 6.07) is 7.56. The summed E-state index contributed by atoms with van der Waals surface area (Å²) in [5, 5.41) is 5.78. The van der Waals surface area contributed by atoms with E-state index in [1.165, 1.54) is 11.0 Å². The van der Waals surface area contributed by atoms with Crippen LogP contribution in [0.3, 0.4) is 0 Å². The minimum absolute atomic E-state index is 0.145. The van der Waals surface area contributed by atoms with E-state index in [0.29, 0.717) is 25.3 Å². The van der Waals surface area contributed by atoms with Gasteiger partial charge in [0, 0.05) is 17.2 Å². The zero-order chi connectivity index (χ0) is 27.1. The Morgan fingerprint density at radius 3 is 2.27 bits per heavy atom. The number of carbonyl (C=O) groups excluding carboxylic acids is 3. The summed E-state index contributed by atoms with van der Waals surface area (Å²) in [5.74, 6) is -3.66. The Balaban J connectivity index is 1.81. The first-order valence-electron chi connectivity index (χ1n) is 12.9. The summed E-state index contributed by atoms with van der Waals surface area (Å²) in [7, 11) is 0. The third kappa shape index (κ3) is 5.38. The number of rotatable bonds is 6. The highest BCUT2D eigenvalue weighted by Crippen LogP contribution is 2.37. The van der Waals surface area contributed by atoms with Crippen molar-refractivity contribution in [3.05, 3.63) is 70.8 Å². The first-order chi connectivity index (χ1) is 17.4. The highest BCUT2D eigenvalue weighted by Gasteiger charge is 2.51. The Hall–Kier alpha value is -3.29. The molecular formula is C29H35F2N3O3. The molecule has 2 N–H and O–H groups in total. The lowest BCUT2D eigenvalue weighted by molar-refractivity contribution is -0.159. The molecule has 0 saturated carbocycles. The van der Waals surface area contributed by atoms with Gasteiger partial charge in [0.25, 0.3) is 0 Å². The van der Waals surface area contributed by atoms with Crippen LogP contribution in [0, 0.1) is 23.5 Å². The molecule has 0 spiro atoms. The van der Waals surface area contributed by atoms with Crippen molar-refractivity contribution < 1.29 is 23.2 Å². The second-order valence-corrected chi connectivity index (χ2v) is 11.3. The average molecular weight is 512 g/mol. The number of hydrogen-bond donors (Lipinski definition) is 2. The van der Waals surface area contributed by atoms with Crippen LogP contribution in [-0.4, -0.2) is 40.2 Å². The number of hydrogen-bond acceptors (Lipinski definition) is 3. The van der Waals surface area contributed by atoms with E-state index in [4.69, 9.17) is 0 Å². The molecule has 198 valence electrons. The van der Waals surface area contributed by atoms with Crippen LogP contribution in [-0.2, 0) is 27.2 Å². The molecule has 8 heteroatoms. The second-order valence-electron chi connectivity index (χ2n) is 11.3. The van der Waals surface area contributed by atoms with Crippen molar-refractivity contribution in [2.45, 2.75) is 77.5 Å². The van der Waals surface area contributed by atoms with Crippen LogP contribution < -0.4 is 10.6 Å². The quantitative estimate of drug-likeness (QED) is 0.614. The third-order valence-corrected chi connectivity index (χ3v) is 7.41. The Kier molecular flexibility index (Phi) is 7.40. The van der Waals surface area contributed by atoms with E-state index in [9.17, 15) is 18.8 Å². The molecule has 1 aliphatic heterocycles. The largest absolute Gasteiger partial charge is 0.349 e. The monoisotopic (exact) mass is 511 g/mol. The van der Waals surface area contributed by atoms with Crippen molar-refractivity contribution in [2.75, 3.05) is 0 Å². The summed E-state index contributed by atoms with van der Waals surface area (Å²) in [6.07, 6.45) is 1.78. The standard InChI is InChI=1S/C29H35F2N3O3/c1-6-16(2)24-26(35)32-23(19-13-17-9-7-8-10-18(17)14-19)28(37)34(24)25(27(36)33-29(3,4)5)21-12-11-20(30)15-22(21)31/h7-12,15-16,19,23-25H,6,13-14H2,1-5H3,(H,32,35)(H,33,36)/t16?,23?,24-,25?/m1/s1. The highest BCUT2D eigenvalue weighted by molar-refractivity contribution is 6.00. The molecular weight excluding hydrogens is 476 g/mol. The third-order valence-electron chi connectivity index (χ3n) is 7.41. The number of benzene rings is 2. The Bertz CT molecular complexity index is 1180. The fourth-order valence-corrected chi connectivity index (χ4v) is 5.49. The number of carbonyl (C=O) groups is 3. The minimum atomic E-state index is -1.44. The molecule has 2 aromatic carbocycles. The van der Waals surface area contributed by atoms with Crippen molar-refractivity contribution >= 4 is 17.7 Å². The van der Waals surface area contributed by atoms with Gasteiger partial charge in [-0.05, 0) is 62.6 Å². The van der Waals surface area contributed by atoms with E-state index in [1.807, 2.05) is 38.1 Å². The fraction of sp³-hybridized carbons (Fsp3) is 0.483. The zero-order valence-corrected chi connectivity index (χ0v) is 22.0. The van der Waals surface area contributed by atoms with Crippen molar-refractivity contribution in [3.8, 4) is 0 Å². The highest BCUT2D eigenvalue weighted by atomic mass is 19.1. The summed E-state index contributed by atoms with van der Waals surface area (Å²) in [6.45, 7) is 9.05. The zero-order valence-electron chi connectivity index (χ0n) is 22.0. The molecule has 37 heavy (non-hydrogen) atoms. The van der Waals surface area contributed by atoms with Crippen molar-refractivity contribution in [2.24, 2.45) is 11.8 Å². The molecule has 3 amide bonds. The summed E-state index contributed by atoms with van der Waals surface area (Å²) < 4.78 is 29.0. The molecule has 0 radical (unpaired) electrons. The van der Waals surface area contributed by atoms with Crippen LogP contribution in [0.5, 0.6) is 0 Å². The molecule has 2 aliphatic rings. The SMILES string of the molecule is CCC(C)[C@@H]1C(=O)NC(C2Cc3ccccc3C2)C(=O)N1C(C(=O)NC(C)(C)C)c1ccc(F)cc1F. The summed E-state index contributed by atoms with van der Waals surface area (Å²) in [5.41, 5.74) is 1.41. The molecule has 4 atom stereocenters. The van der Waals surface area contributed by atoms with Gasteiger partial charge in [-0.15, -0.1) is 0 Å². The van der Waals surface area contributed by atoms with Gasteiger partial charge in [-0.25, -0.2) is 8.78 Å². The van der Waals surface area contributed by atoms with Crippen LogP contribution in [0.25, 0.3) is 0 Å². The van der Waals surface area contributed by atoms with Crippen molar-refractivity contribution in [3.63, 3.8) is 0 Å². The maximum Gasteiger partial charge on any atom is 0.247 e. The van der Waals surface area contributed by atoms with Crippen molar-refractivity contribution in [1.29, 1.82) is 0 Å². The van der Waals surface area contributed by atoms with Gasteiger partial charge < -0.3 is 15.5 Å². The van der Waals surface area contributed by atoms with E-state index in [-0.39, 0.29) is 23.3 Å². The van der Waals surface area contributed by atoms with Gasteiger partial charge in [0.05, 0.1) is 0 Å². The Morgan fingerprint density at radius 1 is 1.11 bits per heavy atom. The van der Waals surface area contributed by atoms with E-state index >= 15 is 4.39 Å². The maximum absolute atomic E-state index is 15.2. The molecule has 1 saturated heterocycles. The first-order valence-corrected chi connectivity index (χ1v) is 12.9. The van der Waals surface area contributed by atoms with Gasteiger partial charge in [-0.1, -0.05) is 50.6 Å². The summed E-state index contributed by atoms with van der Waals surface area (Å²) in [4.78, 5) is 42.8. The lowest BCUT2D eigenvalue weighted by Crippen LogP contribution is -2.68. The number of nitrogens with zero attached hydrogens (tertiary/aromatic N) is 1. The minimum Gasteiger partial charge on any atom is -0.349 e. The predicted octanol–water partition coefficient (Wildman–Crippen LogP) is 4.08. The van der Waals surface area contributed by atoms with Crippen LogP contribution in [0.1, 0.15) is 63.8 Å². The normalized spacial score (nSPS) is 21.9. The average Bonchev–Trinajstić information content (AvgIpc) is 3.25. The predicted molar refractivity (Wildman–Crippen MR) is 136 cm³/mol. The van der Waals surface area contributed by atoms with Crippen LogP contribution in [0.15, 0.2) is 42.5 Å². The van der Waals surface area contributed by atoms with Gasteiger partial charge in [-0.2, -0.15) is 0 Å². The van der Waals surface area contributed by atoms with Gasteiger partial charge in [0.2, 0.25) is 17.7 Å². The molecule has 4 rings (SSSR count). The molecule has 6 nitrogen and oxygen atoms in total. The van der Waals surface area contributed by atoms with Crippen LogP contribution in [0.2, 0.25) is 0 Å². The van der Waals surface area contributed by atoms with E-state index in [2.05, 4.69) is 10.6 Å². The summed E-state index contributed by atoms with van der Waals surface area (Å²) >= 11 is 0. The Labute approximate surface area is 216 Å². The van der Waals surface area contributed by atoms with Gasteiger partial charge in [0.1, 0.15) is 29.8 Å². The first kappa shape index (κ1) is 26.8. The van der Waals surface area contributed by atoms with Crippen molar-refractivity contribution in [1.82, 2.24) is 15.5 Å². The molecule has 1 heterocycles. The molecule has 1 fully saturated rings. The molecule has 0 aromatic heterocycles. The second kappa shape index (κ2) is 10.2. The van der Waals surface area contributed by atoms with E-state index < -0.39 is 47.1 Å². The van der Waals surface area contributed by atoms with Crippen LogP contribution >= 0.6 is 0 Å². The molecule has 0 bridgehead atoms. The van der Waals surface area contributed by atoms with Gasteiger partial charge in [0.15, 0.2) is 0 Å². The smallest absolute Gasteiger partial charge is 0.247 e. The lowest BCUT2D eigenvalue weighted by atomic mass is 9.85. The van der Waals surface area contributed by atoms with Crippen LogP contribution in [0.4, 0.5) is 8.78 Å². The number of halogens is 2. The maximum atomic E-state index is 15.2. The fourth-order valence-electron chi connectivity index (χ4n) is 5.49.